The van der Waals surface area contributed by atoms with Crippen LogP contribution in [0.3, 0.4) is 0 Å². The number of nitrogens with zero attached hydrogens (tertiary/aromatic N) is 6. The van der Waals surface area contributed by atoms with Crippen molar-refractivity contribution in [2.75, 3.05) is 23.3 Å². The van der Waals surface area contributed by atoms with E-state index in [2.05, 4.69) is 29.7 Å². The van der Waals surface area contributed by atoms with Gasteiger partial charge in [-0.3, -0.25) is 0 Å². The van der Waals surface area contributed by atoms with E-state index in [0.29, 0.717) is 17.2 Å². The number of anilines is 2. The van der Waals surface area contributed by atoms with Gasteiger partial charge in [-0.25, -0.2) is 9.50 Å². The zero-order valence-corrected chi connectivity index (χ0v) is 19.0. The second-order valence-electron chi connectivity index (χ2n) is 9.00. The maximum Gasteiger partial charge on any atom is 0.391 e. The molecule has 0 radical (unpaired) electrons. The first-order valence-corrected chi connectivity index (χ1v) is 12.0. The Kier molecular flexibility index (Phi) is 5.68. The number of pyridine rings is 1. The van der Waals surface area contributed by atoms with Gasteiger partial charge in [0.25, 0.3) is 0 Å². The van der Waals surface area contributed by atoms with Gasteiger partial charge in [-0.05, 0) is 51.5 Å². The predicted octanol–water partition coefficient (Wildman–Crippen LogP) is 3.91. The van der Waals surface area contributed by atoms with Crippen LogP contribution in [0.5, 0.6) is 0 Å². The molecule has 0 bridgehead atoms. The van der Waals surface area contributed by atoms with Crippen LogP contribution in [0.2, 0.25) is 0 Å². The van der Waals surface area contributed by atoms with Crippen molar-refractivity contribution >= 4 is 28.3 Å². The molecule has 3 aromatic rings. The smallest absolute Gasteiger partial charge is 0.385 e. The summed E-state index contributed by atoms with van der Waals surface area (Å²) in [6.45, 7) is 3.59. The molecule has 3 aromatic heterocycles. The van der Waals surface area contributed by atoms with Crippen LogP contribution >= 0.6 is 11.5 Å². The fraction of sp³-hybridized carbons (Fsp3) is 0.619. The van der Waals surface area contributed by atoms with Crippen LogP contribution in [0.25, 0.3) is 5.65 Å². The van der Waals surface area contributed by atoms with Crippen molar-refractivity contribution in [1.29, 1.82) is 0 Å². The van der Waals surface area contributed by atoms with E-state index in [9.17, 15) is 18.3 Å². The molecule has 8 nitrogen and oxygen atoms in total. The van der Waals surface area contributed by atoms with Crippen molar-refractivity contribution in [3.05, 3.63) is 29.7 Å². The van der Waals surface area contributed by atoms with Gasteiger partial charge in [0.1, 0.15) is 5.82 Å². The molecule has 5 rings (SSSR count). The lowest BCUT2D eigenvalue weighted by atomic mass is 9.75. The van der Waals surface area contributed by atoms with Gasteiger partial charge in [-0.15, -0.1) is 5.10 Å². The Hall–Kier alpha value is -2.47. The summed E-state index contributed by atoms with van der Waals surface area (Å²) >= 11 is 1.41. The number of halogens is 3. The number of fused-ring (bicyclic) bond motifs is 1. The Bertz CT molecular complexity index is 1110. The van der Waals surface area contributed by atoms with Crippen molar-refractivity contribution in [2.24, 2.45) is 5.92 Å². The molecule has 0 unspecified atom stereocenters. The summed E-state index contributed by atoms with van der Waals surface area (Å²) in [5.74, 6) is -0.115. The van der Waals surface area contributed by atoms with E-state index in [1.165, 1.54) is 11.5 Å². The maximum atomic E-state index is 13.1. The van der Waals surface area contributed by atoms with Crippen LogP contribution in [0.15, 0.2) is 18.3 Å². The van der Waals surface area contributed by atoms with Crippen molar-refractivity contribution in [2.45, 2.75) is 63.3 Å². The highest BCUT2D eigenvalue weighted by molar-refractivity contribution is 7.09. The van der Waals surface area contributed by atoms with Crippen LogP contribution in [0.4, 0.5) is 24.3 Å². The molecular weight excluding hydrogens is 455 g/mol. The Balaban J connectivity index is 1.28. The second kappa shape index (κ2) is 8.39. The average molecular weight is 482 g/mol. The summed E-state index contributed by atoms with van der Waals surface area (Å²) in [5.41, 5.74) is -0.317. The molecule has 1 aliphatic carbocycles. The maximum absolute atomic E-state index is 13.1. The third-order valence-corrected chi connectivity index (χ3v) is 7.62. The molecule has 4 heterocycles. The first-order valence-electron chi connectivity index (χ1n) is 11.2. The minimum atomic E-state index is -4.22. The molecule has 0 amide bonds. The lowest BCUT2D eigenvalue weighted by Gasteiger charge is -2.36. The minimum absolute atomic E-state index is 0.0516. The van der Waals surface area contributed by atoms with Crippen LogP contribution in [0, 0.1) is 12.8 Å². The van der Waals surface area contributed by atoms with Crippen LogP contribution in [0.1, 0.15) is 49.9 Å². The number of aryl methyl sites for hydroxylation is 1. The zero-order valence-electron chi connectivity index (χ0n) is 18.2. The largest absolute Gasteiger partial charge is 0.391 e. The van der Waals surface area contributed by atoms with Gasteiger partial charge in [0, 0.05) is 42.4 Å². The third-order valence-electron chi connectivity index (χ3n) is 6.75. The van der Waals surface area contributed by atoms with E-state index in [1.54, 1.807) is 22.8 Å². The second-order valence-corrected chi connectivity index (χ2v) is 9.73. The van der Waals surface area contributed by atoms with E-state index in [4.69, 9.17) is 0 Å². The van der Waals surface area contributed by atoms with E-state index in [1.807, 2.05) is 6.92 Å². The van der Waals surface area contributed by atoms with Crippen LogP contribution < -0.4 is 10.2 Å². The zero-order chi connectivity index (χ0) is 23.2. The first-order chi connectivity index (χ1) is 15.7. The highest BCUT2D eigenvalue weighted by Gasteiger charge is 2.46. The first kappa shape index (κ1) is 22.3. The molecule has 0 spiro atoms. The average Bonchev–Trinajstić information content (AvgIpc) is 3.39. The number of rotatable bonds is 4. The van der Waals surface area contributed by atoms with Crippen LogP contribution in [-0.2, 0) is 5.60 Å². The van der Waals surface area contributed by atoms with E-state index >= 15 is 0 Å². The number of hydrogen-bond donors (Lipinski definition) is 2. The predicted molar refractivity (Wildman–Crippen MR) is 118 cm³/mol. The normalized spacial score (nSPS) is 25.0. The lowest BCUT2D eigenvalue weighted by molar-refractivity contribution is -0.193. The standard InChI is InChI=1S/C21H26F3N7OS/c1-13-25-19(33-29-13)30-11-6-15(7-12-30)26-18-27-17-16(3-2-10-31(17)28-18)20(32)8-4-14(5-9-20)21(22,23)24/h2-3,10,14-15,32H,4-9,11-12H2,1H3,(H,26,28). The Morgan fingerprint density at radius 1 is 1.15 bits per heavy atom. The summed E-state index contributed by atoms with van der Waals surface area (Å²) in [6, 6.07) is 3.68. The molecule has 2 aliphatic rings. The topological polar surface area (TPSA) is 91.5 Å². The summed E-state index contributed by atoms with van der Waals surface area (Å²) in [5, 5.41) is 20.0. The molecule has 33 heavy (non-hydrogen) atoms. The fourth-order valence-corrected chi connectivity index (χ4v) is 5.56. The summed E-state index contributed by atoms with van der Waals surface area (Å²) in [7, 11) is 0. The van der Waals surface area contributed by atoms with Crippen LogP contribution in [-0.4, -0.2) is 54.4 Å². The SMILES string of the molecule is Cc1nsc(N2CCC(Nc3nc4c(C5(O)CCC(C(F)(F)F)CC5)cccn4n3)CC2)n1. The molecule has 0 aromatic carbocycles. The number of aromatic nitrogens is 5. The molecular formula is C21H26F3N7OS. The molecule has 1 aliphatic heterocycles. The molecule has 2 fully saturated rings. The van der Waals surface area contributed by atoms with Crippen molar-refractivity contribution < 1.29 is 18.3 Å². The quantitative estimate of drug-likeness (QED) is 0.584. The summed E-state index contributed by atoms with van der Waals surface area (Å²) in [4.78, 5) is 11.3. The number of alkyl halides is 3. The van der Waals surface area contributed by atoms with Crippen molar-refractivity contribution in [3.8, 4) is 0 Å². The number of piperidine rings is 1. The van der Waals surface area contributed by atoms with Gasteiger partial charge < -0.3 is 15.3 Å². The van der Waals surface area contributed by atoms with Gasteiger partial charge in [0.15, 0.2) is 5.65 Å². The van der Waals surface area contributed by atoms with Crippen molar-refractivity contribution in [1.82, 2.24) is 24.0 Å². The van der Waals surface area contributed by atoms with Gasteiger partial charge in [0.05, 0.1) is 11.5 Å². The van der Waals surface area contributed by atoms with E-state index in [0.717, 1.165) is 36.9 Å². The molecule has 178 valence electrons. The highest BCUT2D eigenvalue weighted by Crippen LogP contribution is 2.45. The van der Waals surface area contributed by atoms with Gasteiger partial charge in [-0.1, -0.05) is 6.07 Å². The third kappa shape index (κ3) is 4.50. The lowest BCUT2D eigenvalue weighted by Crippen LogP contribution is -2.39. The molecule has 1 saturated carbocycles. The number of hydrogen-bond acceptors (Lipinski definition) is 8. The van der Waals surface area contributed by atoms with E-state index < -0.39 is 17.7 Å². The highest BCUT2D eigenvalue weighted by atomic mass is 32.1. The summed E-state index contributed by atoms with van der Waals surface area (Å²) < 4.78 is 45.0. The Labute approximate surface area is 193 Å². The number of aliphatic hydroxyl groups is 1. The minimum Gasteiger partial charge on any atom is -0.385 e. The van der Waals surface area contributed by atoms with E-state index in [-0.39, 0.29) is 31.7 Å². The molecule has 1 saturated heterocycles. The molecule has 0 atom stereocenters. The fourth-order valence-electron chi connectivity index (χ4n) is 4.83. The molecule has 2 N–H and O–H groups in total. The van der Waals surface area contributed by atoms with Gasteiger partial charge in [-0.2, -0.15) is 22.5 Å². The summed E-state index contributed by atoms with van der Waals surface area (Å²) in [6.07, 6.45) is -0.772. The Morgan fingerprint density at radius 2 is 1.88 bits per heavy atom. The Morgan fingerprint density at radius 3 is 2.52 bits per heavy atom. The monoisotopic (exact) mass is 481 g/mol. The van der Waals surface area contributed by atoms with Gasteiger partial charge in [0.2, 0.25) is 11.1 Å². The number of nitrogens with one attached hydrogen (secondary N) is 1. The van der Waals surface area contributed by atoms with Crippen molar-refractivity contribution in [3.63, 3.8) is 0 Å². The molecule has 12 heteroatoms. The van der Waals surface area contributed by atoms with Gasteiger partial charge >= 0.3 is 6.18 Å².